The summed E-state index contributed by atoms with van der Waals surface area (Å²) in [5.41, 5.74) is 0. The van der Waals surface area contributed by atoms with Gasteiger partial charge in [0.2, 0.25) is 5.91 Å². The van der Waals surface area contributed by atoms with E-state index in [4.69, 9.17) is 10.00 Å². The average Bonchev–Trinajstić information content (AvgIpc) is 2.24. The smallest absolute Gasteiger partial charge is 0.223 e. The minimum atomic E-state index is -0.353. The molecule has 1 amide bonds. The first kappa shape index (κ1) is 13.9. The molecule has 0 aromatic rings. The maximum absolute atomic E-state index is 11.3. The van der Waals surface area contributed by atoms with Gasteiger partial charge in [0, 0.05) is 13.0 Å². The first-order valence-corrected chi connectivity index (χ1v) is 5.51. The Morgan fingerprint density at radius 2 is 2.13 bits per heavy atom. The summed E-state index contributed by atoms with van der Waals surface area (Å²) in [6.45, 7) is 5.13. The van der Waals surface area contributed by atoms with Crippen LogP contribution in [0, 0.1) is 11.3 Å². The van der Waals surface area contributed by atoms with Crippen LogP contribution in [0.25, 0.3) is 0 Å². The van der Waals surface area contributed by atoms with Crippen molar-refractivity contribution in [2.75, 3.05) is 13.2 Å². The fourth-order valence-electron chi connectivity index (χ4n) is 1.14. The molecule has 86 valence electrons. The Morgan fingerprint density at radius 1 is 1.40 bits per heavy atom. The van der Waals surface area contributed by atoms with E-state index in [0.29, 0.717) is 26.1 Å². The topological polar surface area (TPSA) is 62.1 Å². The van der Waals surface area contributed by atoms with E-state index in [1.54, 1.807) is 0 Å². The summed E-state index contributed by atoms with van der Waals surface area (Å²) >= 11 is 0. The molecule has 4 heteroatoms. The number of carbonyl (C=O) groups excluding carboxylic acids is 1. The van der Waals surface area contributed by atoms with Crippen LogP contribution in [-0.4, -0.2) is 25.2 Å². The Morgan fingerprint density at radius 3 is 2.67 bits per heavy atom. The lowest BCUT2D eigenvalue weighted by Crippen LogP contribution is -2.34. The van der Waals surface area contributed by atoms with Gasteiger partial charge in [-0.25, -0.2) is 0 Å². The van der Waals surface area contributed by atoms with Gasteiger partial charge >= 0.3 is 0 Å². The molecule has 15 heavy (non-hydrogen) atoms. The second-order valence-corrected chi connectivity index (χ2v) is 3.40. The number of nitriles is 1. The van der Waals surface area contributed by atoms with E-state index in [1.165, 1.54) is 0 Å². The average molecular weight is 212 g/mol. The fourth-order valence-corrected chi connectivity index (χ4v) is 1.14. The molecule has 0 aliphatic heterocycles. The first-order valence-electron chi connectivity index (χ1n) is 5.51. The molecule has 0 rings (SSSR count). The lowest BCUT2D eigenvalue weighted by molar-refractivity contribution is -0.122. The summed E-state index contributed by atoms with van der Waals surface area (Å²) < 4.78 is 5.18. The fraction of sp³-hybridized carbons (Fsp3) is 0.818. The van der Waals surface area contributed by atoms with E-state index in [1.807, 2.05) is 13.8 Å². The SMILES string of the molecule is CCCOCCC(=O)NC(C#N)CCC. The van der Waals surface area contributed by atoms with Crippen LogP contribution < -0.4 is 5.32 Å². The molecule has 0 saturated heterocycles. The second-order valence-electron chi connectivity index (χ2n) is 3.40. The largest absolute Gasteiger partial charge is 0.381 e. The molecule has 0 aromatic carbocycles. The van der Waals surface area contributed by atoms with E-state index in [0.717, 1.165) is 12.8 Å². The molecule has 0 aliphatic rings. The third-order valence-electron chi connectivity index (χ3n) is 1.89. The molecular formula is C11H20N2O2. The van der Waals surface area contributed by atoms with E-state index >= 15 is 0 Å². The van der Waals surface area contributed by atoms with Gasteiger partial charge in [-0.1, -0.05) is 20.3 Å². The van der Waals surface area contributed by atoms with Crippen molar-refractivity contribution in [3.63, 3.8) is 0 Å². The van der Waals surface area contributed by atoms with Crippen LogP contribution in [0.4, 0.5) is 0 Å². The van der Waals surface area contributed by atoms with Gasteiger partial charge in [-0.2, -0.15) is 5.26 Å². The van der Waals surface area contributed by atoms with E-state index in [9.17, 15) is 4.79 Å². The molecule has 0 saturated carbocycles. The highest BCUT2D eigenvalue weighted by atomic mass is 16.5. The molecule has 0 aliphatic carbocycles. The number of amides is 1. The maximum Gasteiger partial charge on any atom is 0.223 e. The van der Waals surface area contributed by atoms with Gasteiger partial charge in [-0.3, -0.25) is 4.79 Å². The Bertz CT molecular complexity index is 211. The number of nitrogens with one attached hydrogen (secondary N) is 1. The van der Waals surface area contributed by atoms with E-state index in [-0.39, 0.29) is 11.9 Å². The second kappa shape index (κ2) is 9.47. The van der Waals surface area contributed by atoms with Crippen molar-refractivity contribution in [2.45, 2.75) is 45.6 Å². The zero-order chi connectivity index (χ0) is 11.5. The van der Waals surface area contributed by atoms with Crippen molar-refractivity contribution < 1.29 is 9.53 Å². The molecule has 0 heterocycles. The zero-order valence-electron chi connectivity index (χ0n) is 9.58. The third-order valence-corrected chi connectivity index (χ3v) is 1.89. The van der Waals surface area contributed by atoms with Gasteiger partial charge < -0.3 is 10.1 Å². The monoisotopic (exact) mass is 212 g/mol. The molecule has 1 unspecified atom stereocenters. The summed E-state index contributed by atoms with van der Waals surface area (Å²) in [4.78, 5) is 11.3. The molecule has 4 nitrogen and oxygen atoms in total. The molecule has 0 spiro atoms. The molecule has 1 atom stereocenters. The molecule has 0 aromatic heterocycles. The minimum absolute atomic E-state index is 0.105. The summed E-state index contributed by atoms with van der Waals surface area (Å²) in [6, 6.07) is 1.71. The van der Waals surface area contributed by atoms with Crippen LogP contribution in [0.15, 0.2) is 0 Å². The summed E-state index contributed by atoms with van der Waals surface area (Å²) in [5, 5.41) is 11.4. The van der Waals surface area contributed by atoms with Crippen LogP contribution in [0.3, 0.4) is 0 Å². The van der Waals surface area contributed by atoms with E-state index < -0.39 is 0 Å². The van der Waals surface area contributed by atoms with Crippen LogP contribution in [0.5, 0.6) is 0 Å². The Hall–Kier alpha value is -1.08. The third kappa shape index (κ3) is 7.95. The van der Waals surface area contributed by atoms with Crippen LogP contribution >= 0.6 is 0 Å². The van der Waals surface area contributed by atoms with Gasteiger partial charge in [0.15, 0.2) is 0 Å². The van der Waals surface area contributed by atoms with Crippen LogP contribution in [0.2, 0.25) is 0 Å². The number of nitrogens with zero attached hydrogens (tertiary/aromatic N) is 1. The number of rotatable bonds is 8. The first-order chi connectivity index (χ1) is 7.24. The van der Waals surface area contributed by atoms with Crippen molar-refractivity contribution >= 4 is 5.91 Å². The standard InChI is InChI=1S/C11H20N2O2/c1-3-5-10(9-12)13-11(14)6-8-15-7-4-2/h10H,3-8H2,1-2H3,(H,13,14). The highest BCUT2D eigenvalue weighted by molar-refractivity contribution is 5.76. The van der Waals surface area contributed by atoms with Crippen LogP contribution in [-0.2, 0) is 9.53 Å². The van der Waals surface area contributed by atoms with Crippen LogP contribution in [0.1, 0.15) is 39.5 Å². The predicted octanol–water partition coefficient (Wildman–Crippen LogP) is 1.61. The van der Waals surface area contributed by atoms with Gasteiger partial charge in [0.25, 0.3) is 0 Å². The Labute approximate surface area is 91.6 Å². The predicted molar refractivity (Wildman–Crippen MR) is 58.2 cm³/mol. The Kier molecular flexibility index (Phi) is 8.79. The lowest BCUT2D eigenvalue weighted by atomic mass is 10.2. The summed E-state index contributed by atoms with van der Waals surface area (Å²) in [5.74, 6) is -0.105. The molecular weight excluding hydrogens is 192 g/mol. The number of ether oxygens (including phenoxy) is 1. The van der Waals surface area contributed by atoms with Crippen molar-refractivity contribution in [3.05, 3.63) is 0 Å². The Balaban J connectivity index is 3.58. The molecule has 0 bridgehead atoms. The zero-order valence-corrected chi connectivity index (χ0v) is 9.58. The molecule has 0 fully saturated rings. The van der Waals surface area contributed by atoms with Gasteiger partial charge in [0.1, 0.15) is 6.04 Å². The lowest BCUT2D eigenvalue weighted by Gasteiger charge is -2.10. The summed E-state index contributed by atoms with van der Waals surface area (Å²) in [7, 11) is 0. The number of carbonyl (C=O) groups is 1. The normalized spacial score (nSPS) is 11.8. The number of hydrogen-bond donors (Lipinski definition) is 1. The number of hydrogen-bond acceptors (Lipinski definition) is 3. The van der Waals surface area contributed by atoms with Crippen molar-refractivity contribution in [1.29, 1.82) is 5.26 Å². The van der Waals surface area contributed by atoms with E-state index in [2.05, 4.69) is 11.4 Å². The molecule has 1 N–H and O–H groups in total. The van der Waals surface area contributed by atoms with Crippen molar-refractivity contribution in [1.82, 2.24) is 5.32 Å². The highest BCUT2D eigenvalue weighted by Gasteiger charge is 2.09. The van der Waals surface area contributed by atoms with Gasteiger partial charge in [-0.05, 0) is 12.8 Å². The minimum Gasteiger partial charge on any atom is -0.381 e. The maximum atomic E-state index is 11.3. The molecule has 0 radical (unpaired) electrons. The quantitative estimate of drug-likeness (QED) is 0.622. The van der Waals surface area contributed by atoms with Gasteiger partial charge in [-0.15, -0.1) is 0 Å². The highest BCUT2D eigenvalue weighted by Crippen LogP contribution is 1.95. The van der Waals surface area contributed by atoms with Crippen molar-refractivity contribution in [2.24, 2.45) is 0 Å². The van der Waals surface area contributed by atoms with Gasteiger partial charge in [0.05, 0.1) is 12.7 Å². The summed E-state index contributed by atoms with van der Waals surface area (Å²) in [6.07, 6.45) is 2.89. The van der Waals surface area contributed by atoms with Crippen molar-refractivity contribution in [3.8, 4) is 6.07 Å².